The highest BCUT2D eigenvalue weighted by Gasteiger charge is 2.30. The summed E-state index contributed by atoms with van der Waals surface area (Å²) in [6.07, 6.45) is 6.53. The van der Waals surface area contributed by atoms with Gasteiger partial charge in [0.1, 0.15) is 17.0 Å². The van der Waals surface area contributed by atoms with Gasteiger partial charge in [0.2, 0.25) is 0 Å². The third-order valence-corrected chi connectivity index (χ3v) is 3.85. The lowest BCUT2D eigenvalue weighted by Crippen LogP contribution is -2.39. The van der Waals surface area contributed by atoms with Crippen LogP contribution < -0.4 is 5.32 Å². The Morgan fingerprint density at radius 3 is 2.50 bits per heavy atom. The predicted molar refractivity (Wildman–Crippen MR) is 109 cm³/mol. The second kappa shape index (κ2) is 8.63. The summed E-state index contributed by atoms with van der Waals surface area (Å²) < 4.78 is 10.7. The molecule has 7 heteroatoms. The topological polar surface area (TPSA) is 80.8 Å². The Labute approximate surface area is 167 Å². The lowest BCUT2D eigenvalue weighted by Gasteiger charge is -2.27. The minimum Gasteiger partial charge on any atom is -0.444 e. The van der Waals surface area contributed by atoms with Gasteiger partial charge in [-0.3, -0.25) is 5.32 Å². The van der Waals surface area contributed by atoms with E-state index in [1.165, 1.54) is 0 Å². The summed E-state index contributed by atoms with van der Waals surface area (Å²) in [6, 6.07) is 3.58. The molecule has 1 aromatic rings. The summed E-state index contributed by atoms with van der Waals surface area (Å²) in [5, 5.41) is 2.63. The third-order valence-electron chi connectivity index (χ3n) is 3.85. The summed E-state index contributed by atoms with van der Waals surface area (Å²) in [7, 11) is 0. The number of carbonyl (C=O) groups is 2. The van der Waals surface area contributed by atoms with Gasteiger partial charge in [-0.15, -0.1) is 0 Å². The molecule has 7 nitrogen and oxygen atoms in total. The summed E-state index contributed by atoms with van der Waals surface area (Å²) >= 11 is 0. The second-order valence-corrected chi connectivity index (χ2v) is 8.84. The Balaban J connectivity index is 2.01. The normalized spacial score (nSPS) is 17.6. The van der Waals surface area contributed by atoms with Gasteiger partial charge in [-0.05, 0) is 72.1 Å². The maximum absolute atomic E-state index is 12.4. The summed E-state index contributed by atoms with van der Waals surface area (Å²) in [4.78, 5) is 30.2. The van der Waals surface area contributed by atoms with E-state index in [0.29, 0.717) is 12.4 Å². The zero-order valence-electron chi connectivity index (χ0n) is 17.6. The Morgan fingerprint density at radius 1 is 1.18 bits per heavy atom. The molecule has 1 N–H and O–H groups in total. The molecule has 1 aliphatic heterocycles. The molecule has 154 valence electrons. The van der Waals surface area contributed by atoms with Crippen LogP contribution in [0.4, 0.5) is 15.4 Å². The number of pyridine rings is 1. The number of carbonyl (C=O) groups excluding carboxylic acids is 2. The monoisotopic (exact) mass is 389 g/mol. The Bertz CT molecular complexity index is 732. The first-order valence-corrected chi connectivity index (χ1v) is 9.57. The third kappa shape index (κ3) is 7.21. The summed E-state index contributed by atoms with van der Waals surface area (Å²) in [6.45, 7) is 11.7. The van der Waals surface area contributed by atoms with Gasteiger partial charge in [-0.25, -0.2) is 14.6 Å². The molecule has 1 saturated heterocycles. The molecule has 0 radical (unpaired) electrons. The van der Waals surface area contributed by atoms with E-state index in [1.54, 1.807) is 37.9 Å². The molecular weight excluding hydrogens is 358 g/mol. The Morgan fingerprint density at radius 2 is 1.86 bits per heavy atom. The van der Waals surface area contributed by atoms with Crippen LogP contribution >= 0.6 is 0 Å². The van der Waals surface area contributed by atoms with E-state index < -0.39 is 17.3 Å². The number of ether oxygens (including phenoxy) is 2. The van der Waals surface area contributed by atoms with Gasteiger partial charge >= 0.3 is 12.2 Å². The van der Waals surface area contributed by atoms with Gasteiger partial charge in [0, 0.05) is 12.7 Å². The quantitative estimate of drug-likeness (QED) is 0.800. The van der Waals surface area contributed by atoms with Crippen molar-refractivity contribution in [1.82, 2.24) is 9.88 Å². The average Bonchev–Trinajstić information content (AvgIpc) is 2.98. The molecule has 0 spiro atoms. The summed E-state index contributed by atoms with van der Waals surface area (Å²) in [5.74, 6) is 0.409. The van der Waals surface area contributed by atoms with E-state index in [2.05, 4.69) is 10.3 Å². The molecule has 2 amide bonds. The molecule has 1 aliphatic rings. The van der Waals surface area contributed by atoms with Crippen LogP contribution in [0.5, 0.6) is 0 Å². The zero-order chi connectivity index (χ0) is 20.9. The highest BCUT2D eigenvalue weighted by molar-refractivity contribution is 5.84. The van der Waals surface area contributed by atoms with E-state index in [9.17, 15) is 9.59 Å². The van der Waals surface area contributed by atoms with Gasteiger partial charge in [0.25, 0.3) is 0 Å². The number of aromatic nitrogens is 1. The minimum absolute atomic E-state index is 0.00900. The molecule has 2 heterocycles. The molecule has 2 rings (SSSR count). The molecule has 0 aliphatic carbocycles. The molecule has 0 saturated carbocycles. The van der Waals surface area contributed by atoms with Crippen LogP contribution in [0.2, 0.25) is 0 Å². The van der Waals surface area contributed by atoms with Crippen LogP contribution in [0, 0.1) is 0 Å². The smallest absolute Gasteiger partial charge is 0.413 e. The van der Waals surface area contributed by atoms with Crippen LogP contribution in [-0.4, -0.2) is 45.9 Å². The number of rotatable bonds is 3. The maximum atomic E-state index is 12.4. The zero-order valence-corrected chi connectivity index (χ0v) is 17.6. The SMILES string of the molecule is CC(C)(C)OC(=O)Nc1cc(/C=C/C2CCCN2C(=O)OC(C)(C)C)ccn1. The van der Waals surface area contributed by atoms with E-state index in [-0.39, 0.29) is 12.1 Å². The van der Waals surface area contributed by atoms with Crippen molar-refractivity contribution in [2.45, 2.75) is 71.6 Å². The van der Waals surface area contributed by atoms with Crippen LogP contribution in [0.15, 0.2) is 24.4 Å². The largest absolute Gasteiger partial charge is 0.444 e. The Hall–Kier alpha value is -2.57. The first kappa shape index (κ1) is 21.7. The molecule has 1 atom stereocenters. The van der Waals surface area contributed by atoms with Gasteiger partial charge in [0.05, 0.1) is 6.04 Å². The van der Waals surface area contributed by atoms with Gasteiger partial charge in [-0.2, -0.15) is 0 Å². The van der Waals surface area contributed by atoms with Crippen molar-refractivity contribution in [2.75, 3.05) is 11.9 Å². The van der Waals surface area contributed by atoms with Crippen molar-refractivity contribution in [3.63, 3.8) is 0 Å². The van der Waals surface area contributed by atoms with E-state index in [4.69, 9.17) is 9.47 Å². The maximum Gasteiger partial charge on any atom is 0.413 e. The fraction of sp³-hybridized carbons (Fsp3) is 0.571. The van der Waals surface area contributed by atoms with E-state index >= 15 is 0 Å². The number of nitrogens with one attached hydrogen (secondary N) is 1. The molecule has 1 unspecified atom stereocenters. The number of hydrogen-bond acceptors (Lipinski definition) is 5. The van der Waals surface area contributed by atoms with Crippen molar-refractivity contribution in [2.24, 2.45) is 0 Å². The molecule has 1 fully saturated rings. The predicted octanol–water partition coefficient (Wildman–Crippen LogP) is 4.84. The van der Waals surface area contributed by atoms with Gasteiger partial charge in [0.15, 0.2) is 0 Å². The first-order chi connectivity index (χ1) is 12.9. The number of likely N-dealkylation sites (tertiary alicyclic amines) is 1. The summed E-state index contributed by atoms with van der Waals surface area (Å²) in [5.41, 5.74) is -0.215. The lowest BCUT2D eigenvalue weighted by atomic mass is 10.1. The van der Waals surface area contributed by atoms with Gasteiger partial charge in [-0.1, -0.05) is 12.2 Å². The standard InChI is InChI=1S/C21H31N3O4/c1-20(2,3)27-18(25)23-17-14-15(11-12-22-17)9-10-16-8-7-13-24(16)19(26)28-21(4,5)6/h9-12,14,16H,7-8,13H2,1-6H3,(H,22,23,25)/b10-9+. The number of amides is 2. The molecule has 1 aromatic heterocycles. The van der Waals surface area contributed by atoms with Crippen molar-refractivity contribution in [3.05, 3.63) is 30.0 Å². The number of nitrogens with zero attached hydrogens (tertiary/aromatic N) is 2. The average molecular weight is 389 g/mol. The molecule has 28 heavy (non-hydrogen) atoms. The van der Waals surface area contributed by atoms with Gasteiger partial charge < -0.3 is 14.4 Å². The fourth-order valence-corrected chi connectivity index (χ4v) is 2.79. The lowest BCUT2D eigenvalue weighted by molar-refractivity contribution is 0.0256. The van der Waals surface area contributed by atoms with Crippen molar-refractivity contribution in [3.8, 4) is 0 Å². The Kier molecular flexibility index (Phi) is 6.69. The van der Waals surface area contributed by atoms with E-state index in [0.717, 1.165) is 18.4 Å². The molecule has 0 bridgehead atoms. The second-order valence-electron chi connectivity index (χ2n) is 8.84. The fourth-order valence-electron chi connectivity index (χ4n) is 2.79. The van der Waals surface area contributed by atoms with E-state index in [1.807, 2.05) is 39.0 Å². The number of anilines is 1. The van der Waals surface area contributed by atoms with Crippen LogP contribution in [-0.2, 0) is 9.47 Å². The van der Waals surface area contributed by atoms with Crippen molar-refractivity contribution < 1.29 is 19.1 Å². The highest BCUT2D eigenvalue weighted by Crippen LogP contribution is 2.22. The molecule has 0 aromatic carbocycles. The molecular formula is C21H31N3O4. The van der Waals surface area contributed by atoms with Crippen molar-refractivity contribution in [1.29, 1.82) is 0 Å². The highest BCUT2D eigenvalue weighted by atomic mass is 16.6. The first-order valence-electron chi connectivity index (χ1n) is 9.57. The minimum atomic E-state index is -0.574. The van der Waals surface area contributed by atoms with Crippen LogP contribution in [0.3, 0.4) is 0 Å². The van der Waals surface area contributed by atoms with Crippen LogP contribution in [0.25, 0.3) is 6.08 Å². The van der Waals surface area contributed by atoms with Crippen LogP contribution in [0.1, 0.15) is 59.9 Å². The number of hydrogen-bond donors (Lipinski definition) is 1. The van der Waals surface area contributed by atoms with Crippen molar-refractivity contribution >= 4 is 24.1 Å².